The molecule has 1 aliphatic rings. The van der Waals surface area contributed by atoms with Crippen molar-refractivity contribution in [3.05, 3.63) is 71.8 Å². The Morgan fingerprint density at radius 2 is 1.50 bits per heavy atom. The number of likely N-dealkylation sites (tertiary alicyclic amines) is 1. The van der Waals surface area contributed by atoms with E-state index < -0.39 is 0 Å². The molecule has 1 heterocycles. The molecule has 0 aromatic heterocycles. The van der Waals surface area contributed by atoms with Crippen LogP contribution in [0.1, 0.15) is 43.0 Å². The molecule has 22 heavy (non-hydrogen) atoms. The molecule has 1 aliphatic heterocycles. The lowest BCUT2D eigenvalue weighted by molar-refractivity contribution is -0.0418. The normalized spacial score (nSPS) is 29.4. The van der Waals surface area contributed by atoms with E-state index >= 15 is 0 Å². The van der Waals surface area contributed by atoms with Gasteiger partial charge in [0.2, 0.25) is 0 Å². The van der Waals surface area contributed by atoms with Crippen LogP contribution in [0.4, 0.5) is 0 Å². The number of hydrogen-bond donors (Lipinski definition) is 1. The second kappa shape index (κ2) is 6.64. The summed E-state index contributed by atoms with van der Waals surface area (Å²) in [4.78, 5) is 2.45. The van der Waals surface area contributed by atoms with E-state index in [-0.39, 0.29) is 24.1 Å². The molecule has 1 fully saturated rings. The smallest absolute Gasteiger partial charge is 0.0604 e. The summed E-state index contributed by atoms with van der Waals surface area (Å²) in [6, 6.07) is 21.7. The van der Waals surface area contributed by atoms with Crippen LogP contribution >= 0.6 is 0 Å². The van der Waals surface area contributed by atoms with Crippen molar-refractivity contribution in [3.63, 3.8) is 0 Å². The molecule has 0 radical (unpaired) electrons. The Kier molecular flexibility index (Phi) is 4.60. The number of aliphatic hydroxyl groups is 1. The van der Waals surface area contributed by atoms with E-state index in [1.807, 2.05) is 6.07 Å². The Bertz CT molecular complexity index is 583. The van der Waals surface area contributed by atoms with Gasteiger partial charge in [-0.25, -0.2) is 0 Å². The van der Waals surface area contributed by atoms with Gasteiger partial charge >= 0.3 is 0 Å². The van der Waals surface area contributed by atoms with Crippen molar-refractivity contribution in [1.29, 1.82) is 0 Å². The Morgan fingerprint density at radius 3 is 2.05 bits per heavy atom. The third kappa shape index (κ3) is 2.81. The first-order valence-electron chi connectivity index (χ1n) is 8.22. The van der Waals surface area contributed by atoms with Crippen LogP contribution in [0.5, 0.6) is 0 Å². The number of aliphatic hydroxyl groups excluding tert-OH is 1. The lowest BCUT2D eigenvalue weighted by Crippen LogP contribution is -2.45. The van der Waals surface area contributed by atoms with Gasteiger partial charge in [0.1, 0.15) is 0 Å². The van der Waals surface area contributed by atoms with E-state index in [4.69, 9.17) is 0 Å². The molecule has 2 aromatic rings. The summed E-state index contributed by atoms with van der Waals surface area (Å²) in [5.74, 6) is 0.285. The molecule has 0 amide bonds. The van der Waals surface area contributed by atoms with Crippen molar-refractivity contribution in [3.8, 4) is 0 Å². The van der Waals surface area contributed by atoms with Crippen LogP contribution in [0.15, 0.2) is 60.7 Å². The predicted octanol–water partition coefficient (Wildman–Crippen LogP) is 4.19. The first-order valence-corrected chi connectivity index (χ1v) is 8.22. The molecular formula is C20H25NO. The van der Waals surface area contributed by atoms with Crippen molar-refractivity contribution in [2.75, 3.05) is 7.05 Å². The lowest BCUT2D eigenvalue weighted by Gasteiger charge is -2.47. The number of hydrogen-bond acceptors (Lipinski definition) is 2. The molecule has 0 spiro atoms. The predicted molar refractivity (Wildman–Crippen MR) is 90.5 cm³/mol. The zero-order valence-electron chi connectivity index (χ0n) is 13.4. The summed E-state index contributed by atoms with van der Waals surface area (Å²) in [5.41, 5.74) is 2.59. The Balaban J connectivity index is 1.97. The average Bonchev–Trinajstić information content (AvgIpc) is 2.57. The molecule has 3 rings (SSSR count). The zero-order chi connectivity index (χ0) is 15.5. The minimum Gasteiger partial charge on any atom is -0.393 e. The third-order valence-corrected chi connectivity index (χ3v) is 5.09. The van der Waals surface area contributed by atoms with Crippen LogP contribution in [-0.2, 0) is 0 Å². The molecule has 2 nitrogen and oxygen atoms in total. The zero-order valence-corrected chi connectivity index (χ0v) is 13.4. The fourth-order valence-electron chi connectivity index (χ4n) is 3.95. The van der Waals surface area contributed by atoms with Gasteiger partial charge in [0.15, 0.2) is 0 Å². The number of benzene rings is 2. The minimum atomic E-state index is -0.253. The van der Waals surface area contributed by atoms with Crippen molar-refractivity contribution in [2.45, 2.75) is 38.0 Å². The van der Waals surface area contributed by atoms with Crippen LogP contribution in [0.25, 0.3) is 0 Å². The Hall–Kier alpha value is -1.64. The summed E-state index contributed by atoms with van der Waals surface area (Å²) in [6.45, 7) is 2.18. The lowest BCUT2D eigenvalue weighted by atomic mass is 9.77. The first kappa shape index (κ1) is 15.3. The second-order valence-electron chi connectivity index (χ2n) is 6.32. The molecule has 1 saturated heterocycles. The van der Waals surface area contributed by atoms with Crippen LogP contribution < -0.4 is 0 Å². The quantitative estimate of drug-likeness (QED) is 0.917. The summed E-state index contributed by atoms with van der Waals surface area (Å²) < 4.78 is 0. The topological polar surface area (TPSA) is 23.5 Å². The van der Waals surface area contributed by atoms with Crippen molar-refractivity contribution in [2.24, 2.45) is 5.92 Å². The fourth-order valence-corrected chi connectivity index (χ4v) is 3.95. The van der Waals surface area contributed by atoms with Gasteiger partial charge in [0.05, 0.1) is 6.10 Å². The fraction of sp³-hybridized carbons (Fsp3) is 0.400. The summed E-state index contributed by atoms with van der Waals surface area (Å²) in [5, 5.41) is 10.7. The van der Waals surface area contributed by atoms with Crippen LogP contribution in [0, 0.1) is 5.92 Å². The highest BCUT2D eigenvalue weighted by atomic mass is 16.3. The molecule has 4 atom stereocenters. The monoisotopic (exact) mass is 295 g/mol. The second-order valence-corrected chi connectivity index (χ2v) is 6.32. The van der Waals surface area contributed by atoms with Crippen molar-refractivity contribution in [1.82, 2.24) is 4.90 Å². The molecular weight excluding hydrogens is 270 g/mol. The molecule has 116 valence electrons. The maximum absolute atomic E-state index is 10.7. The Labute approximate surface area is 133 Å². The largest absolute Gasteiger partial charge is 0.393 e. The van der Waals surface area contributed by atoms with Crippen LogP contribution in [0.2, 0.25) is 0 Å². The van der Waals surface area contributed by atoms with Gasteiger partial charge in [0.25, 0.3) is 0 Å². The van der Waals surface area contributed by atoms with Crippen molar-refractivity contribution < 1.29 is 5.11 Å². The van der Waals surface area contributed by atoms with Gasteiger partial charge < -0.3 is 5.11 Å². The summed E-state index contributed by atoms with van der Waals surface area (Å²) in [7, 11) is 2.20. The maximum atomic E-state index is 10.7. The molecule has 2 aromatic carbocycles. The van der Waals surface area contributed by atoms with Crippen LogP contribution in [0.3, 0.4) is 0 Å². The van der Waals surface area contributed by atoms with E-state index in [0.717, 1.165) is 12.8 Å². The van der Waals surface area contributed by atoms with Gasteiger partial charge in [-0.2, -0.15) is 0 Å². The van der Waals surface area contributed by atoms with Crippen LogP contribution in [-0.4, -0.2) is 23.2 Å². The molecule has 0 saturated carbocycles. The molecule has 2 heteroatoms. The number of nitrogens with zero attached hydrogens (tertiary/aromatic N) is 1. The Morgan fingerprint density at radius 1 is 0.955 bits per heavy atom. The summed E-state index contributed by atoms with van der Waals surface area (Å²) >= 11 is 0. The van der Waals surface area contributed by atoms with E-state index in [1.54, 1.807) is 0 Å². The van der Waals surface area contributed by atoms with Gasteiger partial charge in [-0.3, -0.25) is 4.90 Å². The highest BCUT2D eigenvalue weighted by Crippen LogP contribution is 2.45. The molecule has 0 bridgehead atoms. The van der Waals surface area contributed by atoms with Gasteiger partial charge in [-0.05, 0) is 31.0 Å². The average molecular weight is 295 g/mol. The molecule has 0 unspecified atom stereocenters. The maximum Gasteiger partial charge on any atom is 0.0604 e. The van der Waals surface area contributed by atoms with E-state index in [1.165, 1.54) is 11.1 Å². The standard InChI is InChI=1S/C20H25NO/c1-3-17-19(22)14-18(15-10-6-4-7-11-15)21(2)20(17)16-12-8-5-9-13-16/h4-13,17-20,22H,3,14H2,1-2H3/t17-,18+,19+,20+/m1/s1. The van der Waals surface area contributed by atoms with E-state index in [2.05, 4.69) is 73.5 Å². The minimum absolute atomic E-state index is 0.253. The van der Waals surface area contributed by atoms with Crippen molar-refractivity contribution >= 4 is 0 Å². The first-order chi connectivity index (χ1) is 10.7. The SMILES string of the molecule is CC[C@@H]1[C@@H](O)C[C@@H](c2ccccc2)N(C)[C@H]1c1ccccc1. The molecule has 1 N–H and O–H groups in total. The van der Waals surface area contributed by atoms with Gasteiger partial charge in [0, 0.05) is 18.0 Å². The van der Waals surface area contributed by atoms with Gasteiger partial charge in [-0.15, -0.1) is 0 Å². The highest BCUT2D eigenvalue weighted by Gasteiger charge is 2.40. The van der Waals surface area contributed by atoms with E-state index in [0.29, 0.717) is 0 Å². The highest BCUT2D eigenvalue weighted by molar-refractivity contribution is 5.25. The van der Waals surface area contributed by atoms with E-state index in [9.17, 15) is 5.11 Å². The summed E-state index contributed by atoms with van der Waals surface area (Å²) in [6.07, 6.45) is 1.55. The third-order valence-electron chi connectivity index (χ3n) is 5.09. The number of piperidine rings is 1. The number of rotatable bonds is 3. The van der Waals surface area contributed by atoms with Gasteiger partial charge in [-0.1, -0.05) is 67.6 Å². The molecule has 0 aliphatic carbocycles.